The first kappa shape index (κ1) is 16.0. The molecule has 1 aliphatic rings. The minimum atomic E-state index is -0.324. The van der Waals surface area contributed by atoms with Gasteiger partial charge < -0.3 is 10.2 Å². The lowest BCUT2D eigenvalue weighted by atomic mass is 9.87. The van der Waals surface area contributed by atoms with E-state index in [9.17, 15) is 4.79 Å². The Balaban J connectivity index is 2.05. The third kappa shape index (κ3) is 4.31. The normalized spacial score (nSPS) is 23.9. The molecule has 0 bridgehead atoms. The second kappa shape index (κ2) is 6.18. The molecular formula is C18H28N2O. The van der Waals surface area contributed by atoms with E-state index >= 15 is 0 Å². The highest BCUT2D eigenvalue weighted by Crippen LogP contribution is 2.27. The van der Waals surface area contributed by atoms with Gasteiger partial charge in [0.1, 0.15) is 0 Å². The van der Waals surface area contributed by atoms with Crippen molar-refractivity contribution in [3.8, 4) is 0 Å². The van der Waals surface area contributed by atoms with Gasteiger partial charge in [-0.25, -0.2) is 0 Å². The molecule has 1 heterocycles. The SMILES string of the molecule is Cc1ccc(C2CC(NC(=O)C(C)(C)C)CN(C)C2)cc1. The molecule has 1 aromatic carbocycles. The van der Waals surface area contributed by atoms with Crippen LogP contribution in [0.3, 0.4) is 0 Å². The van der Waals surface area contributed by atoms with Gasteiger partial charge in [-0.1, -0.05) is 50.6 Å². The number of hydrogen-bond acceptors (Lipinski definition) is 2. The van der Waals surface area contributed by atoms with Gasteiger partial charge in [0.2, 0.25) is 5.91 Å². The maximum Gasteiger partial charge on any atom is 0.225 e. The van der Waals surface area contributed by atoms with Crippen LogP contribution in [0.2, 0.25) is 0 Å². The second-order valence-corrected chi connectivity index (χ2v) is 7.48. The summed E-state index contributed by atoms with van der Waals surface area (Å²) in [6.07, 6.45) is 1.02. The fraction of sp³-hybridized carbons (Fsp3) is 0.611. The number of benzene rings is 1. The summed E-state index contributed by atoms with van der Waals surface area (Å²) in [6.45, 7) is 10.0. The minimum Gasteiger partial charge on any atom is -0.352 e. The quantitative estimate of drug-likeness (QED) is 0.907. The largest absolute Gasteiger partial charge is 0.352 e. The molecule has 3 nitrogen and oxygen atoms in total. The maximum absolute atomic E-state index is 12.2. The van der Waals surface area contributed by atoms with Gasteiger partial charge in [0.25, 0.3) is 0 Å². The number of carbonyl (C=O) groups excluding carboxylic acids is 1. The van der Waals surface area contributed by atoms with Gasteiger partial charge >= 0.3 is 0 Å². The molecule has 1 N–H and O–H groups in total. The van der Waals surface area contributed by atoms with E-state index in [4.69, 9.17) is 0 Å². The lowest BCUT2D eigenvalue weighted by Crippen LogP contribution is -2.51. The number of amides is 1. The van der Waals surface area contributed by atoms with Crippen LogP contribution in [0.25, 0.3) is 0 Å². The third-order valence-electron chi connectivity index (χ3n) is 4.20. The van der Waals surface area contributed by atoms with Crippen LogP contribution in [0.4, 0.5) is 0 Å². The third-order valence-corrected chi connectivity index (χ3v) is 4.20. The number of likely N-dealkylation sites (tertiary alicyclic amines) is 1. The number of nitrogens with zero attached hydrogens (tertiary/aromatic N) is 1. The van der Waals surface area contributed by atoms with E-state index in [0.29, 0.717) is 5.92 Å². The van der Waals surface area contributed by atoms with Gasteiger partial charge in [-0.2, -0.15) is 0 Å². The molecule has 0 aliphatic carbocycles. The van der Waals surface area contributed by atoms with Crippen molar-refractivity contribution in [1.29, 1.82) is 0 Å². The molecule has 0 spiro atoms. The van der Waals surface area contributed by atoms with Crippen LogP contribution < -0.4 is 5.32 Å². The number of carbonyl (C=O) groups is 1. The van der Waals surface area contributed by atoms with Crippen LogP contribution in [0, 0.1) is 12.3 Å². The number of aryl methyl sites for hydroxylation is 1. The molecule has 2 atom stereocenters. The number of piperidine rings is 1. The Hall–Kier alpha value is -1.35. The summed E-state index contributed by atoms with van der Waals surface area (Å²) in [5, 5.41) is 3.22. The van der Waals surface area contributed by atoms with E-state index in [0.717, 1.165) is 19.5 Å². The zero-order valence-electron chi connectivity index (χ0n) is 13.9. The highest BCUT2D eigenvalue weighted by molar-refractivity contribution is 5.81. The van der Waals surface area contributed by atoms with E-state index in [1.807, 2.05) is 20.8 Å². The van der Waals surface area contributed by atoms with Gasteiger partial charge in [0.15, 0.2) is 0 Å². The van der Waals surface area contributed by atoms with Gasteiger partial charge in [-0.15, -0.1) is 0 Å². The summed E-state index contributed by atoms with van der Waals surface area (Å²) >= 11 is 0. The first-order chi connectivity index (χ1) is 9.75. The first-order valence-electron chi connectivity index (χ1n) is 7.82. The predicted octanol–water partition coefficient (Wildman–Crippen LogP) is 2.95. The van der Waals surface area contributed by atoms with E-state index in [1.54, 1.807) is 0 Å². The average molecular weight is 288 g/mol. The van der Waals surface area contributed by atoms with Crippen LogP contribution >= 0.6 is 0 Å². The smallest absolute Gasteiger partial charge is 0.225 e. The van der Waals surface area contributed by atoms with Crippen molar-refractivity contribution in [3.05, 3.63) is 35.4 Å². The molecule has 116 valence electrons. The molecule has 0 aromatic heterocycles. The number of hydrogen-bond donors (Lipinski definition) is 1. The summed E-state index contributed by atoms with van der Waals surface area (Å²) in [6, 6.07) is 9.03. The molecule has 0 saturated carbocycles. The Morgan fingerprint density at radius 1 is 1.19 bits per heavy atom. The number of nitrogens with one attached hydrogen (secondary N) is 1. The first-order valence-corrected chi connectivity index (χ1v) is 7.82. The van der Waals surface area contributed by atoms with Crippen molar-refractivity contribution in [3.63, 3.8) is 0 Å². The fourth-order valence-corrected chi connectivity index (χ4v) is 2.91. The number of likely N-dealkylation sites (N-methyl/N-ethyl adjacent to an activating group) is 1. The summed E-state index contributed by atoms with van der Waals surface area (Å²) in [5.41, 5.74) is 2.35. The standard InChI is InChI=1S/C18H28N2O/c1-13-6-8-14(9-7-13)15-10-16(12-20(5)11-15)19-17(21)18(2,3)4/h6-9,15-16H,10-12H2,1-5H3,(H,19,21). The summed E-state index contributed by atoms with van der Waals surface area (Å²) < 4.78 is 0. The Bertz CT molecular complexity index is 487. The van der Waals surface area contributed by atoms with Crippen molar-refractivity contribution in [2.45, 2.75) is 46.1 Å². The molecule has 1 amide bonds. The summed E-state index contributed by atoms with van der Waals surface area (Å²) in [5.74, 6) is 0.639. The molecule has 0 radical (unpaired) electrons. The van der Waals surface area contributed by atoms with Gasteiger partial charge in [-0.3, -0.25) is 4.79 Å². The molecule has 1 fully saturated rings. The molecule has 2 rings (SSSR count). The molecule has 1 saturated heterocycles. The van der Waals surface area contributed by atoms with E-state index in [2.05, 4.69) is 48.5 Å². The van der Waals surface area contributed by atoms with Crippen molar-refractivity contribution in [2.75, 3.05) is 20.1 Å². The molecule has 3 heteroatoms. The Morgan fingerprint density at radius 2 is 1.81 bits per heavy atom. The highest BCUT2D eigenvalue weighted by Gasteiger charge is 2.30. The predicted molar refractivity (Wildman–Crippen MR) is 87.4 cm³/mol. The zero-order chi connectivity index (χ0) is 15.6. The van der Waals surface area contributed by atoms with E-state index < -0.39 is 0 Å². The second-order valence-electron chi connectivity index (χ2n) is 7.48. The minimum absolute atomic E-state index is 0.144. The van der Waals surface area contributed by atoms with Crippen LogP contribution in [-0.4, -0.2) is 37.0 Å². The summed E-state index contributed by atoms with van der Waals surface area (Å²) in [7, 11) is 2.14. The van der Waals surface area contributed by atoms with Gasteiger partial charge in [-0.05, 0) is 31.9 Å². The molecule has 1 aromatic rings. The maximum atomic E-state index is 12.2. The van der Waals surface area contributed by atoms with Crippen LogP contribution in [0.1, 0.15) is 44.2 Å². The van der Waals surface area contributed by atoms with Crippen LogP contribution in [0.5, 0.6) is 0 Å². The van der Waals surface area contributed by atoms with Crippen LogP contribution in [-0.2, 0) is 4.79 Å². The van der Waals surface area contributed by atoms with Crippen molar-refractivity contribution >= 4 is 5.91 Å². The van der Waals surface area contributed by atoms with Crippen molar-refractivity contribution < 1.29 is 4.79 Å². The van der Waals surface area contributed by atoms with E-state index in [-0.39, 0.29) is 17.4 Å². The Kier molecular flexibility index (Phi) is 4.72. The van der Waals surface area contributed by atoms with Crippen molar-refractivity contribution in [1.82, 2.24) is 10.2 Å². The van der Waals surface area contributed by atoms with E-state index in [1.165, 1.54) is 11.1 Å². The lowest BCUT2D eigenvalue weighted by molar-refractivity contribution is -0.129. The van der Waals surface area contributed by atoms with Gasteiger partial charge in [0, 0.05) is 24.5 Å². The number of rotatable bonds is 2. The fourth-order valence-electron chi connectivity index (χ4n) is 2.91. The average Bonchev–Trinajstić information content (AvgIpc) is 2.37. The molecule has 21 heavy (non-hydrogen) atoms. The van der Waals surface area contributed by atoms with Gasteiger partial charge in [0.05, 0.1) is 0 Å². The molecule has 2 unspecified atom stereocenters. The monoisotopic (exact) mass is 288 g/mol. The zero-order valence-corrected chi connectivity index (χ0v) is 13.9. The Morgan fingerprint density at radius 3 is 2.38 bits per heavy atom. The molecule has 1 aliphatic heterocycles. The Labute approximate surface area is 128 Å². The highest BCUT2D eigenvalue weighted by atomic mass is 16.2. The molecular weight excluding hydrogens is 260 g/mol. The van der Waals surface area contributed by atoms with Crippen LogP contribution in [0.15, 0.2) is 24.3 Å². The topological polar surface area (TPSA) is 32.3 Å². The lowest BCUT2D eigenvalue weighted by Gasteiger charge is -2.37. The summed E-state index contributed by atoms with van der Waals surface area (Å²) in [4.78, 5) is 14.5. The van der Waals surface area contributed by atoms with Crippen molar-refractivity contribution in [2.24, 2.45) is 5.41 Å².